The summed E-state index contributed by atoms with van der Waals surface area (Å²) in [7, 11) is 3.91. The average Bonchev–Trinajstić information content (AvgIpc) is 3.56. The second kappa shape index (κ2) is 9.00. The molecule has 30 heavy (non-hydrogen) atoms. The lowest BCUT2D eigenvalue weighted by molar-refractivity contribution is 0.312. The van der Waals surface area contributed by atoms with E-state index in [1.54, 1.807) is 19.2 Å². The first-order chi connectivity index (χ1) is 14.6. The summed E-state index contributed by atoms with van der Waals surface area (Å²) in [5, 5.41) is 6.72. The Kier molecular flexibility index (Phi) is 6.18. The number of nitrogens with one attached hydrogen (secondary N) is 2. The highest BCUT2D eigenvalue weighted by Crippen LogP contribution is 2.48. The van der Waals surface area contributed by atoms with Crippen molar-refractivity contribution in [2.24, 2.45) is 4.99 Å². The number of likely N-dealkylation sites (N-methyl/N-ethyl adjacent to an activating group) is 1. The molecule has 4 rings (SSSR count). The lowest BCUT2D eigenvalue weighted by Gasteiger charge is -2.33. The summed E-state index contributed by atoms with van der Waals surface area (Å²) in [5.41, 5.74) is 1.79. The van der Waals surface area contributed by atoms with Crippen LogP contribution in [0.25, 0.3) is 0 Å². The molecule has 0 atom stereocenters. The van der Waals surface area contributed by atoms with E-state index in [9.17, 15) is 4.39 Å². The molecule has 1 saturated carbocycles. The molecule has 160 valence electrons. The third-order valence-corrected chi connectivity index (χ3v) is 6.21. The van der Waals surface area contributed by atoms with E-state index in [0.717, 1.165) is 61.9 Å². The normalized spacial score (nSPS) is 18.9. The molecule has 2 fully saturated rings. The molecule has 1 aromatic carbocycles. The second-order valence-electron chi connectivity index (χ2n) is 8.35. The van der Waals surface area contributed by atoms with Crippen LogP contribution in [0, 0.1) is 5.82 Å². The minimum Gasteiger partial charge on any atom is -0.356 e. The van der Waals surface area contributed by atoms with Crippen LogP contribution >= 0.6 is 0 Å². The Morgan fingerprint density at radius 1 is 1.10 bits per heavy atom. The molecule has 2 aromatic rings. The first-order valence-corrected chi connectivity index (χ1v) is 10.7. The molecule has 2 N–H and O–H groups in total. The van der Waals surface area contributed by atoms with Gasteiger partial charge in [-0.1, -0.05) is 24.3 Å². The van der Waals surface area contributed by atoms with Crippen LogP contribution in [0.5, 0.6) is 0 Å². The molecule has 0 radical (unpaired) electrons. The predicted octanol–water partition coefficient (Wildman–Crippen LogP) is 2.37. The van der Waals surface area contributed by atoms with Crippen molar-refractivity contribution in [1.82, 2.24) is 20.5 Å². The molecular formula is C23H31FN6. The van der Waals surface area contributed by atoms with Gasteiger partial charge in [0.25, 0.3) is 0 Å². The third kappa shape index (κ3) is 4.73. The number of nitrogens with zero attached hydrogens (tertiary/aromatic N) is 4. The topological polar surface area (TPSA) is 55.8 Å². The second-order valence-corrected chi connectivity index (χ2v) is 8.35. The third-order valence-electron chi connectivity index (χ3n) is 6.21. The van der Waals surface area contributed by atoms with Crippen molar-refractivity contribution < 1.29 is 4.39 Å². The number of aliphatic imine (C=N–C) groups is 1. The maximum Gasteiger partial charge on any atom is 0.191 e. The Morgan fingerprint density at radius 2 is 1.87 bits per heavy atom. The Labute approximate surface area is 178 Å². The average molecular weight is 411 g/mol. The maximum atomic E-state index is 14.2. The number of benzene rings is 1. The highest BCUT2D eigenvalue weighted by atomic mass is 19.1. The number of aromatic nitrogens is 1. The number of halogens is 1. The molecule has 1 aliphatic carbocycles. The summed E-state index contributed by atoms with van der Waals surface area (Å²) in [5.74, 6) is 1.64. The van der Waals surface area contributed by atoms with Gasteiger partial charge in [-0.05, 0) is 43.1 Å². The van der Waals surface area contributed by atoms with Crippen LogP contribution in [-0.4, -0.2) is 62.7 Å². The van der Waals surface area contributed by atoms with Crippen molar-refractivity contribution in [3.8, 4) is 0 Å². The standard InChI is InChI=1S/C23H31FN6/c1-25-22(28-17-23(9-10-23)19-5-3-4-6-20(19)24)27-16-18-7-8-21(26-15-18)30-13-11-29(2)12-14-30/h3-8,15H,9-14,16-17H2,1-2H3,(H2,25,27,28). The van der Waals surface area contributed by atoms with Gasteiger partial charge in [0.05, 0.1) is 0 Å². The molecule has 0 spiro atoms. The molecule has 1 aliphatic heterocycles. The van der Waals surface area contributed by atoms with Gasteiger partial charge in [-0.25, -0.2) is 9.37 Å². The fraction of sp³-hybridized carbons (Fsp3) is 0.478. The quantitative estimate of drug-likeness (QED) is 0.566. The largest absolute Gasteiger partial charge is 0.356 e. The Bertz CT molecular complexity index is 870. The van der Waals surface area contributed by atoms with E-state index < -0.39 is 0 Å². The lowest BCUT2D eigenvalue weighted by atomic mass is 9.95. The predicted molar refractivity (Wildman–Crippen MR) is 119 cm³/mol. The van der Waals surface area contributed by atoms with Gasteiger partial charge in [-0.3, -0.25) is 4.99 Å². The smallest absolute Gasteiger partial charge is 0.191 e. The number of hydrogen-bond acceptors (Lipinski definition) is 4. The van der Waals surface area contributed by atoms with E-state index in [4.69, 9.17) is 0 Å². The summed E-state index contributed by atoms with van der Waals surface area (Å²) >= 11 is 0. The number of hydrogen-bond donors (Lipinski definition) is 2. The fourth-order valence-electron chi connectivity index (χ4n) is 3.99. The van der Waals surface area contributed by atoms with Gasteiger partial charge in [0.15, 0.2) is 5.96 Å². The minimum atomic E-state index is -0.119. The van der Waals surface area contributed by atoms with E-state index in [1.165, 1.54) is 0 Å². The molecule has 6 nitrogen and oxygen atoms in total. The first kappa shape index (κ1) is 20.6. The number of piperazine rings is 1. The SMILES string of the molecule is CN=C(NCc1ccc(N2CCN(C)CC2)nc1)NCC1(c2ccccc2F)CC1. The zero-order chi connectivity index (χ0) is 21.0. The van der Waals surface area contributed by atoms with Crippen molar-refractivity contribution >= 4 is 11.8 Å². The number of pyridine rings is 1. The molecule has 0 unspecified atom stereocenters. The zero-order valence-corrected chi connectivity index (χ0v) is 17.9. The van der Waals surface area contributed by atoms with E-state index in [1.807, 2.05) is 18.3 Å². The van der Waals surface area contributed by atoms with E-state index in [2.05, 4.69) is 49.6 Å². The van der Waals surface area contributed by atoms with Crippen molar-refractivity contribution in [3.63, 3.8) is 0 Å². The van der Waals surface area contributed by atoms with Gasteiger partial charge < -0.3 is 20.4 Å². The van der Waals surface area contributed by atoms with Crippen LogP contribution in [-0.2, 0) is 12.0 Å². The molecule has 1 saturated heterocycles. The molecular weight excluding hydrogens is 379 g/mol. The number of guanidine groups is 1. The Balaban J connectivity index is 1.28. The van der Waals surface area contributed by atoms with Gasteiger partial charge in [0.1, 0.15) is 11.6 Å². The van der Waals surface area contributed by atoms with Crippen LogP contribution in [0.3, 0.4) is 0 Å². The Morgan fingerprint density at radius 3 is 2.50 bits per heavy atom. The zero-order valence-electron chi connectivity index (χ0n) is 17.9. The number of anilines is 1. The molecule has 7 heteroatoms. The fourth-order valence-corrected chi connectivity index (χ4v) is 3.99. The van der Waals surface area contributed by atoms with Crippen LogP contribution in [0.4, 0.5) is 10.2 Å². The molecule has 2 heterocycles. The summed E-state index contributed by atoms with van der Waals surface area (Å²) < 4.78 is 14.2. The van der Waals surface area contributed by atoms with Crippen molar-refractivity contribution in [1.29, 1.82) is 0 Å². The van der Waals surface area contributed by atoms with Crippen LogP contribution < -0.4 is 15.5 Å². The van der Waals surface area contributed by atoms with Gasteiger partial charge in [0, 0.05) is 57.9 Å². The summed E-state index contributed by atoms with van der Waals surface area (Å²) in [6.07, 6.45) is 3.92. The van der Waals surface area contributed by atoms with Gasteiger partial charge >= 0.3 is 0 Å². The highest BCUT2D eigenvalue weighted by Gasteiger charge is 2.45. The van der Waals surface area contributed by atoms with Crippen LogP contribution in [0.1, 0.15) is 24.0 Å². The molecule has 0 bridgehead atoms. The first-order valence-electron chi connectivity index (χ1n) is 10.7. The van der Waals surface area contributed by atoms with Gasteiger partial charge in [-0.2, -0.15) is 0 Å². The van der Waals surface area contributed by atoms with Crippen molar-refractivity contribution in [2.75, 3.05) is 51.7 Å². The Hall–Kier alpha value is -2.67. The highest BCUT2D eigenvalue weighted by molar-refractivity contribution is 5.79. The lowest BCUT2D eigenvalue weighted by Crippen LogP contribution is -2.44. The molecule has 0 amide bonds. The maximum absolute atomic E-state index is 14.2. The van der Waals surface area contributed by atoms with Crippen molar-refractivity contribution in [3.05, 3.63) is 59.5 Å². The summed E-state index contributed by atoms with van der Waals surface area (Å²) in [4.78, 5) is 13.6. The monoisotopic (exact) mass is 410 g/mol. The van der Waals surface area contributed by atoms with E-state index in [0.29, 0.717) is 13.1 Å². The number of rotatable bonds is 6. The van der Waals surface area contributed by atoms with Crippen LogP contribution in [0.15, 0.2) is 47.6 Å². The van der Waals surface area contributed by atoms with Crippen LogP contribution in [0.2, 0.25) is 0 Å². The molecule has 1 aromatic heterocycles. The molecule has 2 aliphatic rings. The van der Waals surface area contributed by atoms with Gasteiger partial charge in [0.2, 0.25) is 0 Å². The van der Waals surface area contributed by atoms with Crippen molar-refractivity contribution in [2.45, 2.75) is 24.8 Å². The summed E-state index contributed by atoms with van der Waals surface area (Å²) in [6.45, 7) is 5.49. The minimum absolute atomic E-state index is 0.116. The van der Waals surface area contributed by atoms with E-state index >= 15 is 0 Å². The van der Waals surface area contributed by atoms with E-state index in [-0.39, 0.29) is 11.2 Å². The summed E-state index contributed by atoms with van der Waals surface area (Å²) in [6, 6.07) is 11.3. The van der Waals surface area contributed by atoms with Gasteiger partial charge in [-0.15, -0.1) is 0 Å².